The summed E-state index contributed by atoms with van der Waals surface area (Å²) in [4.78, 5) is 42.9. The number of benzene rings is 3. The first kappa shape index (κ1) is 27.6. The second kappa shape index (κ2) is 11.9. The molecule has 2 atom stereocenters. The minimum atomic E-state index is -4.64. The number of nitrogens with one attached hydrogen (secondary N) is 2. The Morgan fingerprint density at radius 1 is 0.872 bits per heavy atom. The number of Topliss-reactive ketones (excluding diaryl/α,β-unsaturated/α-hetero) is 1. The summed E-state index contributed by atoms with van der Waals surface area (Å²) in [6.07, 6.45) is -4.49. The van der Waals surface area contributed by atoms with Crippen molar-refractivity contribution in [1.29, 1.82) is 0 Å². The highest BCUT2D eigenvalue weighted by molar-refractivity contribution is 6.01. The second-order valence-electron chi connectivity index (χ2n) is 9.05. The average Bonchev–Trinajstić information content (AvgIpc) is 3.34. The van der Waals surface area contributed by atoms with Crippen molar-refractivity contribution in [2.24, 2.45) is 0 Å². The minimum absolute atomic E-state index is 0.162. The Bertz CT molecular complexity index is 1430. The van der Waals surface area contributed by atoms with Crippen LogP contribution in [0.2, 0.25) is 0 Å². The summed E-state index contributed by atoms with van der Waals surface area (Å²) in [7, 11) is 0. The predicted molar refractivity (Wildman–Crippen MR) is 138 cm³/mol. The molecule has 2 N–H and O–H groups in total. The number of alkyl halides is 3. The number of amides is 2. The highest BCUT2D eigenvalue weighted by Gasteiger charge is 2.35. The summed E-state index contributed by atoms with van der Waals surface area (Å²) in [5.74, 6) is -2.20. The molecule has 0 fully saturated rings. The van der Waals surface area contributed by atoms with Crippen molar-refractivity contribution in [3.63, 3.8) is 0 Å². The molecule has 1 heterocycles. The Labute approximate surface area is 222 Å². The number of halogens is 3. The number of carbonyl (C=O) groups excluding carboxylic acids is 3. The molecule has 39 heavy (non-hydrogen) atoms. The van der Waals surface area contributed by atoms with Crippen LogP contribution in [0.25, 0.3) is 11.1 Å². The normalized spacial score (nSPS) is 13.0. The molecule has 4 aromatic rings. The number of para-hydroxylation sites is 2. The Morgan fingerprint density at radius 2 is 1.54 bits per heavy atom. The van der Waals surface area contributed by atoms with Crippen molar-refractivity contribution < 1.29 is 32.0 Å². The molecule has 0 bridgehead atoms. The molecule has 1 aromatic heterocycles. The van der Waals surface area contributed by atoms with E-state index in [1.165, 1.54) is 18.2 Å². The molecule has 0 spiro atoms. The van der Waals surface area contributed by atoms with Crippen molar-refractivity contribution in [1.82, 2.24) is 15.6 Å². The van der Waals surface area contributed by atoms with Crippen molar-refractivity contribution >= 4 is 28.7 Å². The van der Waals surface area contributed by atoms with Crippen LogP contribution in [0.3, 0.4) is 0 Å². The fraction of sp³-hybridized carbons (Fsp3) is 0.241. The first-order chi connectivity index (χ1) is 18.6. The van der Waals surface area contributed by atoms with Gasteiger partial charge in [-0.2, -0.15) is 13.2 Å². The molecule has 3 aromatic carbocycles. The van der Waals surface area contributed by atoms with Crippen LogP contribution < -0.4 is 10.6 Å². The van der Waals surface area contributed by atoms with Gasteiger partial charge in [0, 0.05) is 13.3 Å². The summed E-state index contributed by atoms with van der Waals surface area (Å²) < 4.78 is 46.3. The molecular weight excluding hydrogens is 511 g/mol. The number of oxazole rings is 1. The number of nitrogens with zero attached hydrogens (tertiary/aromatic N) is 1. The standard InChI is InChI=1S/C29H26F3N3O4/c1-18(36)33-24(17-20-11-5-6-12-21(20)29(30,31)32)27(38)34-23(16-15-19-9-3-2-4-10-19)26(37)28-35-22-13-7-8-14-25(22)39-28/h2-14,23-24H,15-17H2,1H3,(H,33,36)(H,34,38)/t23-,24-/m0/s1. The molecule has 0 unspecified atom stereocenters. The second-order valence-corrected chi connectivity index (χ2v) is 9.05. The van der Waals surface area contributed by atoms with Crippen molar-refractivity contribution in [2.45, 2.75) is 44.4 Å². The van der Waals surface area contributed by atoms with Gasteiger partial charge in [-0.1, -0.05) is 60.7 Å². The molecule has 0 aliphatic carbocycles. The number of ketones is 1. The van der Waals surface area contributed by atoms with E-state index in [1.807, 2.05) is 30.3 Å². The highest BCUT2D eigenvalue weighted by atomic mass is 19.4. The van der Waals surface area contributed by atoms with Gasteiger partial charge in [0.05, 0.1) is 11.6 Å². The topological polar surface area (TPSA) is 101 Å². The zero-order valence-electron chi connectivity index (χ0n) is 21.0. The van der Waals surface area contributed by atoms with Gasteiger partial charge >= 0.3 is 6.18 Å². The monoisotopic (exact) mass is 537 g/mol. The maximum atomic E-state index is 13.6. The van der Waals surface area contributed by atoms with E-state index in [1.54, 1.807) is 24.3 Å². The molecule has 0 radical (unpaired) electrons. The maximum absolute atomic E-state index is 13.6. The predicted octanol–water partition coefficient (Wildman–Crippen LogP) is 4.89. The maximum Gasteiger partial charge on any atom is 0.416 e. The summed E-state index contributed by atoms with van der Waals surface area (Å²) >= 11 is 0. The zero-order chi connectivity index (χ0) is 28.0. The van der Waals surface area contributed by atoms with Gasteiger partial charge in [0.25, 0.3) is 5.89 Å². The van der Waals surface area contributed by atoms with Crippen molar-refractivity contribution in [3.05, 3.63) is 101 Å². The van der Waals surface area contributed by atoms with Gasteiger partial charge < -0.3 is 15.1 Å². The third kappa shape index (κ3) is 7.10. The van der Waals surface area contributed by atoms with Crippen LogP contribution in [-0.4, -0.2) is 34.7 Å². The van der Waals surface area contributed by atoms with Crippen LogP contribution in [0.15, 0.2) is 83.3 Å². The summed E-state index contributed by atoms with van der Waals surface area (Å²) in [5.41, 5.74) is 0.712. The minimum Gasteiger partial charge on any atom is -0.434 e. The Kier molecular flexibility index (Phi) is 8.43. The van der Waals surface area contributed by atoms with E-state index in [0.29, 0.717) is 17.5 Å². The lowest BCUT2D eigenvalue weighted by Crippen LogP contribution is -2.52. The van der Waals surface area contributed by atoms with Crippen LogP contribution in [0.4, 0.5) is 13.2 Å². The number of hydrogen-bond donors (Lipinski definition) is 2. The van der Waals surface area contributed by atoms with Gasteiger partial charge in [-0.25, -0.2) is 4.98 Å². The first-order valence-corrected chi connectivity index (χ1v) is 12.3. The molecule has 10 heteroatoms. The Balaban J connectivity index is 1.60. The average molecular weight is 538 g/mol. The third-order valence-corrected chi connectivity index (χ3v) is 6.14. The third-order valence-electron chi connectivity index (χ3n) is 6.14. The molecule has 7 nitrogen and oxygen atoms in total. The molecule has 0 saturated heterocycles. The molecule has 0 saturated carbocycles. The van der Waals surface area contributed by atoms with E-state index in [2.05, 4.69) is 15.6 Å². The first-order valence-electron chi connectivity index (χ1n) is 12.3. The van der Waals surface area contributed by atoms with E-state index < -0.39 is 47.8 Å². The molecule has 4 rings (SSSR count). The largest absolute Gasteiger partial charge is 0.434 e. The number of fused-ring (bicyclic) bond motifs is 1. The van der Waals surface area contributed by atoms with Gasteiger partial charge in [0.2, 0.25) is 17.6 Å². The Hall–Kier alpha value is -4.47. The fourth-order valence-electron chi connectivity index (χ4n) is 4.27. The van der Waals surface area contributed by atoms with Gasteiger partial charge in [-0.15, -0.1) is 0 Å². The lowest BCUT2D eigenvalue weighted by Gasteiger charge is -2.23. The van der Waals surface area contributed by atoms with Crippen LogP contribution in [-0.2, 0) is 28.6 Å². The molecule has 0 aliphatic rings. The van der Waals surface area contributed by atoms with Crippen LogP contribution in [0.1, 0.15) is 40.7 Å². The van der Waals surface area contributed by atoms with Crippen LogP contribution in [0.5, 0.6) is 0 Å². The summed E-state index contributed by atoms with van der Waals surface area (Å²) in [5, 5.41) is 5.05. The SMILES string of the molecule is CC(=O)N[C@@H](Cc1ccccc1C(F)(F)F)C(=O)N[C@@H](CCc1ccccc1)C(=O)c1nc2ccccc2o1. The van der Waals surface area contributed by atoms with Gasteiger partial charge in [-0.05, 0) is 42.2 Å². The zero-order valence-corrected chi connectivity index (χ0v) is 21.0. The van der Waals surface area contributed by atoms with E-state index >= 15 is 0 Å². The van der Waals surface area contributed by atoms with Crippen molar-refractivity contribution in [2.75, 3.05) is 0 Å². The van der Waals surface area contributed by atoms with E-state index in [4.69, 9.17) is 4.42 Å². The molecular formula is C29H26F3N3O4. The highest BCUT2D eigenvalue weighted by Crippen LogP contribution is 2.32. The van der Waals surface area contributed by atoms with Crippen molar-refractivity contribution in [3.8, 4) is 0 Å². The number of carbonyl (C=O) groups is 3. The number of aromatic nitrogens is 1. The number of aryl methyl sites for hydroxylation is 1. The van der Waals surface area contributed by atoms with Gasteiger partial charge in [-0.3, -0.25) is 14.4 Å². The van der Waals surface area contributed by atoms with Gasteiger partial charge in [0.1, 0.15) is 11.6 Å². The molecule has 0 aliphatic heterocycles. The van der Waals surface area contributed by atoms with Crippen LogP contribution >= 0.6 is 0 Å². The quantitative estimate of drug-likeness (QED) is 0.281. The number of rotatable bonds is 10. The number of hydrogen-bond acceptors (Lipinski definition) is 5. The molecule has 2 amide bonds. The van der Waals surface area contributed by atoms with E-state index in [-0.39, 0.29) is 17.9 Å². The smallest absolute Gasteiger partial charge is 0.416 e. The summed E-state index contributed by atoms with van der Waals surface area (Å²) in [6, 6.07) is 18.5. The Morgan fingerprint density at radius 3 is 2.23 bits per heavy atom. The van der Waals surface area contributed by atoms with Gasteiger partial charge in [0.15, 0.2) is 5.58 Å². The molecule has 202 valence electrons. The van der Waals surface area contributed by atoms with E-state index in [9.17, 15) is 27.6 Å². The van der Waals surface area contributed by atoms with E-state index in [0.717, 1.165) is 18.6 Å². The van der Waals surface area contributed by atoms with Crippen LogP contribution in [0, 0.1) is 0 Å². The fourth-order valence-corrected chi connectivity index (χ4v) is 4.27. The summed E-state index contributed by atoms with van der Waals surface area (Å²) in [6.45, 7) is 1.16. The lowest BCUT2D eigenvalue weighted by atomic mass is 9.98. The lowest BCUT2D eigenvalue weighted by molar-refractivity contribution is -0.138.